The molecule has 1 aliphatic carbocycles. The quantitative estimate of drug-likeness (QED) is 0.738. The van der Waals surface area contributed by atoms with Gasteiger partial charge in [-0.25, -0.2) is 0 Å². The fourth-order valence-electron chi connectivity index (χ4n) is 2.98. The number of rotatable bonds is 7. The van der Waals surface area contributed by atoms with Gasteiger partial charge in [0.15, 0.2) is 0 Å². The van der Waals surface area contributed by atoms with Crippen LogP contribution in [-0.2, 0) is 11.2 Å². The largest absolute Gasteiger partial charge is 0.374 e. The van der Waals surface area contributed by atoms with Gasteiger partial charge < -0.3 is 10.1 Å². The molecule has 1 unspecified atom stereocenters. The van der Waals surface area contributed by atoms with Gasteiger partial charge >= 0.3 is 0 Å². The van der Waals surface area contributed by atoms with Crippen LogP contribution in [0.5, 0.6) is 0 Å². The maximum absolute atomic E-state index is 6.14. The van der Waals surface area contributed by atoms with E-state index in [1.807, 2.05) is 0 Å². The lowest BCUT2D eigenvalue weighted by Gasteiger charge is -2.25. The monoisotopic (exact) mass is 289 g/mol. The van der Waals surface area contributed by atoms with Gasteiger partial charge in [-0.3, -0.25) is 0 Å². The number of nitrogens with one attached hydrogen (secondary N) is 1. The van der Waals surface area contributed by atoms with Gasteiger partial charge in [-0.05, 0) is 77.0 Å². The lowest BCUT2D eigenvalue weighted by atomic mass is 9.89. The first-order valence-corrected chi connectivity index (χ1v) is 8.51. The fraction of sp³-hybridized carbons (Fsp3) is 0.684. The van der Waals surface area contributed by atoms with E-state index < -0.39 is 0 Å². The summed E-state index contributed by atoms with van der Waals surface area (Å²) >= 11 is 0. The average molecular weight is 289 g/mol. The summed E-state index contributed by atoms with van der Waals surface area (Å²) in [6, 6.07) is 8.78. The van der Waals surface area contributed by atoms with Crippen molar-refractivity contribution in [3.8, 4) is 0 Å². The van der Waals surface area contributed by atoms with Crippen LogP contribution in [0.2, 0.25) is 0 Å². The molecular formula is C19H31NO. The zero-order valence-corrected chi connectivity index (χ0v) is 14.0. The number of ether oxygens (including phenoxy) is 1. The third-order valence-corrected chi connectivity index (χ3v) is 4.11. The van der Waals surface area contributed by atoms with Crippen LogP contribution in [0.1, 0.15) is 70.1 Å². The van der Waals surface area contributed by atoms with Gasteiger partial charge in [-0.15, -0.1) is 0 Å². The normalized spacial score (nSPS) is 18.5. The van der Waals surface area contributed by atoms with Crippen molar-refractivity contribution in [2.75, 3.05) is 13.2 Å². The molecule has 0 saturated carbocycles. The summed E-state index contributed by atoms with van der Waals surface area (Å²) in [7, 11) is 0. The Morgan fingerprint density at radius 1 is 1.14 bits per heavy atom. The molecule has 2 nitrogen and oxygen atoms in total. The van der Waals surface area contributed by atoms with E-state index in [1.165, 1.54) is 49.7 Å². The van der Waals surface area contributed by atoms with Crippen molar-refractivity contribution < 1.29 is 4.74 Å². The minimum atomic E-state index is 0.238. The van der Waals surface area contributed by atoms with Gasteiger partial charge in [0.05, 0.1) is 6.10 Å². The summed E-state index contributed by atoms with van der Waals surface area (Å²) in [5, 5.41) is 3.53. The van der Waals surface area contributed by atoms with E-state index in [4.69, 9.17) is 4.74 Å². The smallest absolute Gasteiger partial charge is 0.0827 e. The van der Waals surface area contributed by atoms with E-state index in [9.17, 15) is 0 Å². The first-order chi connectivity index (χ1) is 10.1. The first-order valence-electron chi connectivity index (χ1n) is 8.51. The second kappa shape index (κ2) is 7.95. The van der Waals surface area contributed by atoms with Gasteiger partial charge in [0.2, 0.25) is 0 Å². The van der Waals surface area contributed by atoms with Gasteiger partial charge in [0, 0.05) is 12.1 Å². The molecule has 0 fully saturated rings. The Labute approximate surface area is 130 Å². The number of unbranched alkanes of at least 4 members (excludes halogenated alkanes) is 2. The van der Waals surface area contributed by atoms with E-state index in [2.05, 4.69) is 50.4 Å². The first kappa shape index (κ1) is 16.5. The van der Waals surface area contributed by atoms with Crippen molar-refractivity contribution in [1.82, 2.24) is 5.32 Å². The molecule has 0 bridgehead atoms. The number of aryl methyl sites for hydroxylation is 1. The third kappa shape index (κ3) is 5.80. The highest BCUT2D eigenvalue weighted by Gasteiger charge is 2.19. The molecule has 1 atom stereocenters. The lowest BCUT2D eigenvalue weighted by molar-refractivity contribution is 0.0382. The Hall–Kier alpha value is -0.860. The maximum atomic E-state index is 6.14. The van der Waals surface area contributed by atoms with Crippen LogP contribution in [0.15, 0.2) is 24.3 Å². The third-order valence-electron chi connectivity index (χ3n) is 4.11. The van der Waals surface area contributed by atoms with Crippen LogP contribution in [0.3, 0.4) is 0 Å². The predicted octanol–water partition coefficient (Wildman–Crippen LogP) is 4.64. The van der Waals surface area contributed by atoms with Crippen LogP contribution >= 0.6 is 0 Å². The number of benzene rings is 1. The topological polar surface area (TPSA) is 21.3 Å². The van der Waals surface area contributed by atoms with Crippen molar-refractivity contribution in [3.05, 3.63) is 35.4 Å². The van der Waals surface area contributed by atoms with Crippen LogP contribution in [0, 0.1) is 0 Å². The van der Waals surface area contributed by atoms with E-state index >= 15 is 0 Å². The molecule has 0 spiro atoms. The molecule has 0 saturated heterocycles. The Kier molecular flexibility index (Phi) is 6.25. The van der Waals surface area contributed by atoms with Crippen molar-refractivity contribution in [2.24, 2.45) is 0 Å². The fourth-order valence-corrected chi connectivity index (χ4v) is 2.98. The summed E-state index contributed by atoms with van der Waals surface area (Å²) in [5.41, 5.74) is 3.16. The highest BCUT2D eigenvalue weighted by Crippen LogP contribution is 2.32. The van der Waals surface area contributed by atoms with Crippen LogP contribution in [-0.4, -0.2) is 18.7 Å². The van der Waals surface area contributed by atoms with Crippen molar-refractivity contribution >= 4 is 0 Å². The zero-order chi connectivity index (χ0) is 15.1. The summed E-state index contributed by atoms with van der Waals surface area (Å²) in [4.78, 5) is 0. The average Bonchev–Trinajstić information content (AvgIpc) is 2.45. The van der Waals surface area contributed by atoms with Crippen molar-refractivity contribution in [3.63, 3.8) is 0 Å². The van der Waals surface area contributed by atoms with Crippen LogP contribution < -0.4 is 5.32 Å². The van der Waals surface area contributed by atoms with E-state index in [-0.39, 0.29) is 5.54 Å². The van der Waals surface area contributed by atoms with E-state index in [1.54, 1.807) is 0 Å². The molecule has 0 amide bonds. The molecule has 1 aliphatic rings. The molecule has 0 aromatic heterocycles. The maximum Gasteiger partial charge on any atom is 0.0827 e. The van der Waals surface area contributed by atoms with Gasteiger partial charge in [-0.2, -0.15) is 0 Å². The summed E-state index contributed by atoms with van der Waals surface area (Å²) in [5.74, 6) is 0. The number of fused-ring (bicyclic) bond motifs is 1. The molecule has 2 heteroatoms. The standard InChI is InChI=1S/C19H31NO/c1-19(2,3)20-14-7-4-8-15-21-18-13-9-11-16-10-5-6-12-17(16)18/h5-6,10,12,18,20H,4,7-9,11,13-15H2,1-3H3. The predicted molar refractivity (Wildman–Crippen MR) is 89.7 cm³/mol. The molecule has 118 valence electrons. The van der Waals surface area contributed by atoms with Gasteiger partial charge in [-0.1, -0.05) is 24.3 Å². The minimum absolute atomic E-state index is 0.238. The lowest BCUT2D eigenvalue weighted by Crippen LogP contribution is -2.36. The highest BCUT2D eigenvalue weighted by molar-refractivity contribution is 5.31. The second-order valence-electron chi connectivity index (χ2n) is 7.19. The Bertz CT molecular complexity index is 422. The molecule has 0 heterocycles. The second-order valence-corrected chi connectivity index (χ2v) is 7.19. The van der Waals surface area contributed by atoms with Crippen molar-refractivity contribution in [2.45, 2.75) is 70.9 Å². The Balaban J connectivity index is 1.62. The van der Waals surface area contributed by atoms with Gasteiger partial charge in [0.25, 0.3) is 0 Å². The zero-order valence-electron chi connectivity index (χ0n) is 14.0. The SMILES string of the molecule is CC(C)(C)NCCCCCOC1CCCc2ccccc21. The molecule has 1 N–H and O–H groups in total. The molecule has 1 aromatic carbocycles. The van der Waals surface area contributed by atoms with Crippen LogP contribution in [0.4, 0.5) is 0 Å². The van der Waals surface area contributed by atoms with E-state index in [0.29, 0.717) is 6.10 Å². The Morgan fingerprint density at radius 2 is 1.95 bits per heavy atom. The van der Waals surface area contributed by atoms with Crippen LogP contribution in [0.25, 0.3) is 0 Å². The number of hydrogen-bond acceptors (Lipinski definition) is 2. The van der Waals surface area contributed by atoms with Gasteiger partial charge in [0.1, 0.15) is 0 Å². The number of hydrogen-bond donors (Lipinski definition) is 1. The Morgan fingerprint density at radius 3 is 2.76 bits per heavy atom. The van der Waals surface area contributed by atoms with E-state index in [0.717, 1.165) is 13.2 Å². The summed E-state index contributed by atoms with van der Waals surface area (Å²) in [6.07, 6.45) is 7.65. The van der Waals surface area contributed by atoms with Crippen molar-refractivity contribution in [1.29, 1.82) is 0 Å². The minimum Gasteiger partial charge on any atom is -0.374 e. The molecule has 1 aromatic rings. The summed E-state index contributed by atoms with van der Waals surface area (Å²) < 4.78 is 6.14. The summed E-state index contributed by atoms with van der Waals surface area (Å²) in [6.45, 7) is 8.66. The molecule has 21 heavy (non-hydrogen) atoms. The molecule has 2 rings (SSSR count). The molecular weight excluding hydrogens is 258 g/mol. The molecule has 0 aliphatic heterocycles. The highest BCUT2D eigenvalue weighted by atomic mass is 16.5. The molecule has 0 radical (unpaired) electrons.